The molecule has 4 heterocycles. The first-order valence-electron chi connectivity index (χ1n) is 12.0. The molecular weight excluding hydrogens is 468 g/mol. The highest BCUT2D eigenvalue weighted by Crippen LogP contribution is 2.33. The van der Waals surface area contributed by atoms with Crippen LogP contribution in [0.2, 0.25) is 0 Å². The van der Waals surface area contributed by atoms with E-state index in [0.29, 0.717) is 35.6 Å². The normalized spacial score (nSPS) is 19.4. The predicted molar refractivity (Wildman–Crippen MR) is 131 cm³/mol. The van der Waals surface area contributed by atoms with Crippen LogP contribution >= 0.6 is 0 Å². The van der Waals surface area contributed by atoms with Gasteiger partial charge in [-0.3, -0.25) is 9.47 Å². The lowest BCUT2D eigenvalue weighted by molar-refractivity contribution is -0.0531. The molecule has 1 aliphatic heterocycles. The smallest absolute Gasteiger partial charge is 0.388 e. The number of anilines is 1. The lowest BCUT2D eigenvalue weighted by Gasteiger charge is -2.48. The van der Waals surface area contributed by atoms with Crippen LogP contribution in [0.1, 0.15) is 51.0 Å². The Bertz CT molecular complexity index is 1340. The van der Waals surface area contributed by atoms with Crippen LogP contribution < -0.4 is 15.3 Å². The average Bonchev–Trinajstić information content (AvgIpc) is 2.89. The molecule has 0 radical (unpaired) electrons. The van der Waals surface area contributed by atoms with Crippen molar-refractivity contribution in [3.63, 3.8) is 0 Å². The molecule has 11 heteroatoms. The summed E-state index contributed by atoms with van der Waals surface area (Å²) in [5.41, 5.74) is 1.65. The maximum absolute atomic E-state index is 12.7. The number of fused-ring (bicyclic) bond motifs is 1. The molecule has 190 valence electrons. The van der Waals surface area contributed by atoms with Gasteiger partial charge in [0.1, 0.15) is 17.3 Å². The molecule has 0 bridgehead atoms. The number of aryl methyl sites for hydroxylation is 1. The molecule has 0 N–H and O–H groups in total. The van der Waals surface area contributed by atoms with Crippen LogP contribution in [0.5, 0.6) is 5.88 Å². The van der Waals surface area contributed by atoms with Crippen LogP contribution in [-0.2, 0) is 7.05 Å². The van der Waals surface area contributed by atoms with Crippen molar-refractivity contribution in [2.24, 2.45) is 7.05 Å². The quantitative estimate of drug-likeness (QED) is 0.488. The largest absolute Gasteiger partial charge is 0.417 e. The highest BCUT2D eigenvalue weighted by Gasteiger charge is 2.37. The Kier molecular flexibility index (Phi) is 7.45. The van der Waals surface area contributed by atoms with Crippen LogP contribution in [0.4, 0.5) is 14.6 Å². The molecule has 1 fully saturated rings. The van der Waals surface area contributed by atoms with E-state index in [1.807, 2.05) is 13.0 Å². The first kappa shape index (κ1) is 25.4. The number of nitrogens with zero attached hydrogens (tertiary/aromatic N) is 7. The van der Waals surface area contributed by atoms with Crippen LogP contribution in [0.3, 0.4) is 0 Å². The number of halogens is 2. The maximum atomic E-state index is 12.7. The van der Waals surface area contributed by atoms with Crippen LogP contribution in [0.25, 0.3) is 11.0 Å². The Morgan fingerprint density at radius 2 is 1.86 bits per heavy atom. The van der Waals surface area contributed by atoms with Crippen molar-refractivity contribution in [3.05, 3.63) is 52.2 Å². The summed E-state index contributed by atoms with van der Waals surface area (Å²) in [7, 11) is 1.64. The van der Waals surface area contributed by atoms with E-state index in [9.17, 15) is 18.8 Å². The second-order valence-corrected chi connectivity index (χ2v) is 8.88. The zero-order valence-corrected chi connectivity index (χ0v) is 20.7. The van der Waals surface area contributed by atoms with Gasteiger partial charge in [0.25, 0.3) is 0 Å². The van der Waals surface area contributed by atoms with E-state index in [2.05, 4.69) is 49.4 Å². The van der Waals surface area contributed by atoms with Gasteiger partial charge in [-0.05, 0) is 38.0 Å². The lowest BCUT2D eigenvalue weighted by Crippen LogP contribution is -2.59. The molecule has 1 unspecified atom stereocenters. The summed E-state index contributed by atoms with van der Waals surface area (Å²) in [6.45, 7) is 4.45. The third-order valence-electron chi connectivity index (χ3n) is 6.88. The Morgan fingerprint density at radius 1 is 1.11 bits per heavy atom. The Morgan fingerprint density at radius 3 is 2.53 bits per heavy atom. The van der Waals surface area contributed by atoms with Gasteiger partial charge in [0.15, 0.2) is 5.82 Å². The summed E-state index contributed by atoms with van der Waals surface area (Å²) in [4.78, 5) is 30.3. The third-order valence-corrected chi connectivity index (χ3v) is 6.88. The molecule has 0 saturated carbocycles. The van der Waals surface area contributed by atoms with Gasteiger partial charge < -0.3 is 9.64 Å². The number of piperazine rings is 1. The summed E-state index contributed by atoms with van der Waals surface area (Å²) in [6.07, 6.45) is 1.59. The number of hydrogen-bond donors (Lipinski definition) is 0. The van der Waals surface area contributed by atoms with Crippen molar-refractivity contribution in [2.45, 2.75) is 58.3 Å². The molecule has 3 atom stereocenters. The third kappa shape index (κ3) is 4.86. The van der Waals surface area contributed by atoms with Crippen molar-refractivity contribution < 1.29 is 13.5 Å². The van der Waals surface area contributed by atoms with E-state index in [4.69, 9.17) is 0 Å². The second-order valence-electron chi connectivity index (χ2n) is 8.88. The molecule has 36 heavy (non-hydrogen) atoms. The fraction of sp³-hybridized carbons (Fsp3) is 0.480. The van der Waals surface area contributed by atoms with Gasteiger partial charge in [-0.1, -0.05) is 19.9 Å². The van der Waals surface area contributed by atoms with E-state index >= 15 is 0 Å². The average molecular weight is 498 g/mol. The molecule has 1 saturated heterocycles. The minimum Gasteiger partial charge on any atom is -0.417 e. The van der Waals surface area contributed by atoms with E-state index in [1.165, 1.54) is 10.6 Å². The summed E-state index contributed by atoms with van der Waals surface area (Å²) < 4.78 is 31.4. The second kappa shape index (κ2) is 10.5. The van der Waals surface area contributed by atoms with Crippen LogP contribution in [0.15, 0.2) is 35.1 Å². The van der Waals surface area contributed by atoms with Gasteiger partial charge in [-0.2, -0.15) is 19.0 Å². The summed E-state index contributed by atoms with van der Waals surface area (Å²) >= 11 is 0. The Labute approximate surface area is 208 Å². The maximum Gasteiger partial charge on any atom is 0.388 e. The van der Waals surface area contributed by atoms with E-state index in [0.717, 1.165) is 12.8 Å². The molecule has 3 aromatic rings. The fourth-order valence-electron chi connectivity index (χ4n) is 4.88. The minimum absolute atomic E-state index is 0.00564. The Hall–Kier alpha value is -3.65. The number of ether oxygens (including phenoxy) is 1. The SMILES string of the molecule is CC[C@H]1CN(C(C)c2cccc(OC(F)F)n2)[C@H](CC)CN1c1nc(=O)n(C)c2ccc(C#N)nc12. The lowest BCUT2D eigenvalue weighted by atomic mass is 9.98. The summed E-state index contributed by atoms with van der Waals surface area (Å²) in [5, 5.41) is 9.39. The Balaban J connectivity index is 1.71. The standard InChI is InChI=1S/C25H29F2N7O2/c1-5-17-14-34(23-22-20(32(4)25(35)31-23)11-10-16(12-28)29-22)18(6-2)13-33(17)15(3)19-8-7-9-21(30-19)36-24(26)27/h7-11,15,17-18,24H,5-6,13-14H2,1-4H3/t15?,17-,18+/m1/s1. The van der Waals surface area contributed by atoms with Gasteiger partial charge in [0.2, 0.25) is 5.88 Å². The fourth-order valence-corrected chi connectivity index (χ4v) is 4.88. The first-order chi connectivity index (χ1) is 17.3. The van der Waals surface area contributed by atoms with Crippen molar-refractivity contribution in [3.8, 4) is 11.9 Å². The van der Waals surface area contributed by atoms with Crippen molar-refractivity contribution in [2.75, 3.05) is 18.0 Å². The van der Waals surface area contributed by atoms with E-state index in [-0.39, 0.29) is 35.4 Å². The number of hydrogen-bond acceptors (Lipinski definition) is 8. The molecule has 3 aromatic heterocycles. The van der Waals surface area contributed by atoms with Crippen molar-refractivity contribution in [1.82, 2.24) is 24.4 Å². The number of alkyl halides is 2. The summed E-state index contributed by atoms with van der Waals surface area (Å²) in [6, 6.07) is 10.2. The zero-order chi connectivity index (χ0) is 26.0. The monoisotopic (exact) mass is 497 g/mol. The number of pyridine rings is 2. The minimum atomic E-state index is -2.93. The van der Waals surface area contributed by atoms with E-state index < -0.39 is 6.61 Å². The molecule has 0 aliphatic carbocycles. The van der Waals surface area contributed by atoms with E-state index in [1.54, 1.807) is 25.2 Å². The van der Waals surface area contributed by atoms with Gasteiger partial charge in [0, 0.05) is 44.3 Å². The first-order valence-corrected chi connectivity index (χ1v) is 12.0. The van der Waals surface area contributed by atoms with Crippen LogP contribution in [-0.4, -0.2) is 56.2 Å². The highest BCUT2D eigenvalue weighted by molar-refractivity contribution is 5.86. The number of nitriles is 1. The van der Waals surface area contributed by atoms with Gasteiger partial charge in [-0.15, -0.1) is 0 Å². The van der Waals surface area contributed by atoms with Crippen molar-refractivity contribution >= 4 is 16.9 Å². The van der Waals surface area contributed by atoms with Crippen LogP contribution in [0, 0.1) is 11.3 Å². The van der Waals surface area contributed by atoms with Gasteiger partial charge in [-0.25, -0.2) is 14.8 Å². The molecular formula is C25H29F2N7O2. The van der Waals surface area contributed by atoms with Gasteiger partial charge in [0.05, 0.1) is 11.2 Å². The predicted octanol–water partition coefficient (Wildman–Crippen LogP) is 3.64. The topological polar surface area (TPSA) is 100 Å². The number of rotatable bonds is 7. The zero-order valence-electron chi connectivity index (χ0n) is 20.7. The molecule has 9 nitrogen and oxygen atoms in total. The summed E-state index contributed by atoms with van der Waals surface area (Å²) in [5.74, 6) is 0.372. The van der Waals surface area contributed by atoms with Gasteiger partial charge >= 0.3 is 12.3 Å². The highest BCUT2D eigenvalue weighted by atomic mass is 19.3. The molecule has 1 aliphatic rings. The molecule has 0 aromatic carbocycles. The van der Waals surface area contributed by atoms with Crippen molar-refractivity contribution in [1.29, 1.82) is 5.26 Å². The molecule has 0 spiro atoms. The number of aromatic nitrogens is 4. The molecule has 0 amide bonds. The molecule has 4 rings (SSSR count).